The first-order valence-electron chi connectivity index (χ1n) is 5.46. The molecule has 0 aromatic heterocycles. The monoisotopic (exact) mass is 264 g/mol. The zero-order valence-corrected chi connectivity index (χ0v) is 10.1. The lowest BCUT2D eigenvalue weighted by atomic mass is 10.1. The molecule has 0 saturated carbocycles. The van der Waals surface area contributed by atoms with Gasteiger partial charge in [-0.2, -0.15) is 13.2 Å². The Kier molecular flexibility index (Phi) is 4.84. The van der Waals surface area contributed by atoms with E-state index in [1.54, 1.807) is 0 Å². The van der Waals surface area contributed by atoms with E-state index in [0.29, 0.717) is 6.42 Å². The quantitative estimate of drug-likeness (QED) is 0.888. The maximum atomic E-state index is 12.5. The molecule has 3 nitrogen and oxygen atoms in total. The van der Waals surface area contributed by atoms with Crippen molar-refractivity contribution in [2.24, 2.45) is 0 Å². The largest absolute Gasteiger partial charge is 0.493 e. The fourth-order valence-electron chi connectivity index (χ4n) is 1.44. The molecule has 18 heavy (non-hydrogen) atoms. The van der Waals surface area contributed by atoms with Gasteiger partial charge in [-0.25, -0.2) is 0 Å². The standard InChI is InChI=1S/C12H15F3O3/c1-3-7-18-10-8(11(16)12(13,14)15)5-4-6-9(10)17-2/h4-6,11,16H,3,7H2,1-2H3. The van der Waals surface area contributed by atoms with Crippen molar-refractivity contribution in [3.8, 4) is 11.5 Å². The molecular weight excluding hydrogens is 249 g/mol. The van der Waals surface area contributed by atoms with Crippen molar-refractivity contribution in [2.75, 3.05) is 13.7 Å². The fourth-order valence-corrected chi connectivity index (χ4v) is 1.44. The molecule has 0 heterocycles. The average molecular weight is 264 g/mol. The van der Waals surface area contributed by atoms with Gasteiger partial charge in [0.1, 0.15) is 0 Å². The number of alkyl halides is 3. The van der Waals surface area contributed by atoms with Crippen LogP contribution in [-0.2, 0) is 0 Å². The number of benzene rings is 1. The van der Waals surface area contributed by atoms with Crippen LogP contribution in [-0.4, -0.2) is 25.0 Å². The Hall–Kier alpha value is -1.43. The van der Waals surface area contributed by atoms with Crippen molar-refractivity contribution < 1.29 is 27.8 Å². The van der Waals surface area contributed by atoms with E-state index in [-0.39, 0.29) is 23.7 Å². The lowest BCUT2D eigenvalue weighted by molar-refractivity contribution is -0.207. The summed E-state index contributed by atoms with van der Waals surface area (Å²) in [6.45, 7) is 2.08. The van der Waals surface area contributed by atoms with Gasteiger partial charge in [0.2, 0.25) is 0 Å². The molecule has 1 atom stereocenters. The molecule has 1 aromatic rings. The first kappa shape index (κ1) is 14.6. The minimum Gasteiger partial charge on any atom is -0.493 e. The predicted molar refractivity (Wildman–Crippen MR) is 59.8 cm³/mol. The van der Waals surface area contributed by atoms with Crippen LogP contribution in [0, 0.1) is 0 Å². The van der Waals surface area contributed by atoms with Gasteiger partial charge in [0, 0.05) is 5.56 Å². The number of hydrogen-bond donors (Lipinski definition) is 1. The van der Waals surface area contributed by atoms with Crippen LogP contribution in [0.4, 0.5) is 13.2 Å². The molecule has 0 bridgehead atoms. The molecular formula is C12H15F3O3. The lowest BCUT2D eigenvalue weighted by Crippen LogP contribution is -2.21. The van der Waals surface area contributed by atoms with E-state index in [4.69, 9.17) is 9.47 Å². The van der Waals surface area contributed by atoms with Crippen molar-refractivity contribution in [1.29, 1.82) is 0 Å². The van der Waals surface area contributed by atoms with E-state index in [2.05, 4.69) is 0 Å². The number of aliphatic hydroxyl groups excluding tert-OH is 1. The summed E-state index contributed by atoms with van der Waals surface area (Å²) in [7, 11) is 1.33. The third-order valence-electron chi connectivity index (χ3n) is 2.28. The van der Waals surface area contributed by atoms with Gasteiger partial charge in [-0.1, -0.05) is 19.1 Å². The smallest absolute Gasteiger partial charge is 0.418 e. The molecule has 0 aliphatic heterocycles. The predicted octanol–water partition coefficient (Wildman–Crippen LogP) is 3.08. The topological polar surface area (TPSA) is 38.7 Å². The van der Waals surface area contributed by atoms with Gasteiger partial charge in [0.05, 0.1) is 13.7 Å². The normalized spacial score (nSPS) is 13.2. The highest BCUT2D eigenvalue weighted by Gasteiger charge is 2.41. The summed E-state index contributed by atoms with van der Waals surface area (Å²) in [5.74, 6) is 0.107. The number of aliphatic hydroxyl groups is 1. The first-order valence-corrected chi connectivity index (χ1v) is 5.46. The highest BCUT2D eigenvalue weighted by molar-refractivity contribution is 5.48. The molecule has 0 fully saturated rings. The van der Waals surface area contributed by atoms with Crippen molar-refractivity contribution in [2.45, 2.75) is 25.6 Å². The zero-order valence-electron chi connectivity index (χ0n) is 10.1. The number of halogens is 3. The molecule has 1 aromatic carbocycles. The Bertz CT molecular complexity index is 391. The van der Waals surface area contributed by atoms with Gasteiger partial charge in [0.25, 0.3) is 0 Å². The summed E-state index contributed by atoms with van der Waals surface area (Å²) < 4.78 is 47.8. The molecule has 0 aliphatic rings. The summed E-state index contributed by atoms with van der Waals surface area (Å²) in [4.78, 5) is 0. The number of para-hydroxylation sites is 1. The fraction of sp³-hybridized carbons (Fsp3) is 0.500. The van der Waals surface area contributed by atoms with Crippen LogP contribution in [0.2, 0.25) is 0 Å². The average Bonchev–Trinajstić information content (AvgIpc) is 2.33. The second-order valence-electron chi connectivity index (χ2n) is 3.67. The van der Waals surface area contributed by atoms with Crippen LogP contribution in [0.5, 0.6) is 11.5 Å². The van der Waals surface area contributed by atoms with E-state index in [9.17, 15) is 18.3 Å². The highest BCUT2D eigenvalue weighted by Crippen LogP contribution is 2.41. The molecule has 0 spiro atoms. The van der Waals surface area contributed by atoms with Crippen LogP contribution < -0.4 is 9.47 Å². The third-order valence-corrected chi connectivity index (χ3v) is 2.28. The first-order chi connectivity index (χ1) is 8.41. The Morgan fingerprint density at radius 1 is 1.33 bits per heavy atom. The Morgan fingerprint density at radius 2 is 2.00 bits per heavy atom. The summed E-state index contributed by atoms with van der Waals surface area (Å²) in [6.07, 6.45) is -6.68. The summed E-state index contributed by atoms with van der Waals surface area (Å²) >= 11 is 0. The lowest BCUT2D eigenvalue weighted by Gasteiger charge is -2.20. The third kappa shape index (κ3) is 3.29. The number of methoxy groups -OCH3 is 1. The van der Waals surface area contributed by atoms with E-state index < -0.39 is 12.3 Å². The number of hydrogen-bond acceptors (Lipinski definition) is 3. The molecule has 102 valence electrons. The summed E-state index contributed by atoms with van der Waals surface area (Å²) in [5, 5.41) is 9.30. The van der Waals surface area contributed by atoms with E-state index >= 15 is 0 Å². The van der Waals surface area contributed by atoms with E-state index in [0.717, 1.165) is 0 Å². The van der Waals surface area contributed by atoms with Gasteiger partial charge >= 0.3 is 6.18 Å². The number of ether oxygens (including phenoxy) is 2. The van der Waals surface area contributed by atoms with Gasteiger partial charge in [0.15, 0.2) is 17.6 Å². The minimum atomic E-state index is -4.74. The SMILES string of the molecule is CCCOc1c(OC)cccc1C(O)C(F)(F)F. The second kappa shape index (κ2) is 5.95. The van der Waals surface area contributed by atoms with Gasteiger partial charge in [-0.15, -0.1) is 0 Å². The van der Waals surface area contributed by atoms with Crippen LogP contribution in [0.3, 0.4) is 0 Å². The van der Waals surface area contributed by atoms with Gasteiger partial charge < -0.3 is 14.6 Å². The molecule has 0 saturated heterocycles. The van der Waals surface area contributed by atoms with E-state index in [1.165, 1.54) is 25.3 Å². The van der Waals surface area contributed by atoms with Crippen molar-refractivity contribution in [3.05, 3.63) is 23.8 Å². The Balaban J connectivity index is 3.17. The molecule has 0 radical (unpaired) electrons. The molecule has 6 heteroatoms. The van der Waals surface area contributed by atoms with E-state index in [1.807, 2.05) is 6.92 Å². The van der Waals surface area contributed by atoms with Crippen LogP contribution in [0.15, 0.2) is 18.2 Å². The Labute approximate surface area is 103 Å². The molecule has 1 N–H and O–H groups in total. The minimum absolute atomic E-state index is 0.0633. The van der Waals surface area contributed by atoms with Crippen molar-refractivity contribution >= 4 is 0 Å². The molecule has 1 rings (SSSR count). The van der Waals surface area contributed by atoms with Crippen LogP contribution in [0.1, 0.15) is 25.0 Å². The molecule has 0 aliphatic carbocycles. The van der Waals surface area contributed by atoms with Gasteiger partial charge in [-0.05, 0) is 12.5 Å². The van der Waals surface area contributed by atoms with Crippen molar-refractivity contribution in [1.82, 2.24) is 0 Å². The molecule has 1 unspecified atom stereocenters. The maximum absolute atomic E-state index is 12.5. The maximum Gasteiger partial charge on any atom is 0.418 e. The highest BCUT2D eigenvalue weighted by atomic mass is 19.4. The summed E-state index contributed by atoms with van der Waals surface area (Å²) in [5.41, 5.74) is -0.338. The molecule has 0 amide bonds. The number of rotatable bonds is 5. The Morgan fingerprint density at radius 3 is 2.50 bits per heavy atom. The van der Waals surface area contributed by atoms with Gasteiger partial charge in [-0.3, -0.25) is 0 Å². The zero-order chi connectivity index (χ0) is 13.8. The van der Waals surface area contributed by atoms with Crippen LogP contribution in [0.25, 0.3) is 0 Å². The van der Waals surface area contributed by atoms with Crippen molar-refractivity contribution in [3.63, 3.8) is 0 Å². The summed E-state index contributed by atoms with van der Waals surface area (Å²) in [6, 6.07) is 4.03. The second-order valence-corrected chi connectivity index (χ2v) is 3.67. The van der Waals surface area contributed by atoms with Crippen LogP contribution >= 0.6 is 0 Å².